The smallest absolute Gasteiger partial charge is 0.322 e. The van der Waals surface area contributed by atoms with Crippen molar-refractivity contribution in [2.24, 2.45) is 5.73 Å². The minimum absolute atomic E-state index is 0.0924. The number of hydrogen-bond donors (Lipinski definition) is 6. The molecule has 0 saturated carbocycles. The van der Waals surface area contributed by atoms with Gasteiger partial charge >= 0.3 is 11.9 Å². The molecule has 10 nitrogen and oxygen atoms in total. The monoisotopic (exact) mass is 365 g/mol. The van der Waals surface area contributed by atoms with Gasteiger partial charge in [0.1, 0.15) is 18.6 Å². The lowest BCUT2D eigenvalue weighted by Crippen LogP contribution is -2.49. The highest BCUT2D eigenvalue weighted by Gasteiger charge is 2.23. The number of aliphatic hydroxyl groups is 1. The molecule has 0 aliphatic carbocycles. The highest BCUT2D eigenvalue weighted by molar-refractivity contribution is 7.99. The van der Waals surface area contributed by atoms with Gasteiger partial charge in [-0.05, 0) is 6.42 Å². The Bertz CT molecular complexity index is 461. The number of hydrogen-bond acceptors (Lipinski definition) is 7. The number of carbonyl (C=O) groups is 4. The number of carbonyl (C=O) groups excluding carboxylic acids is 2. The van der Waals surface area contributed by atoms with Crippen LogP contribution in [-0.4, -0.2) is 75.3 Å². The number of carboxylic acids is 2. The predicted octanol–water partition coefficient (Wildman–Crippen LogP) is -2.02. The summed E-state index contributed by atoms with van der Waals surface area (Å²) in [5.41, 5.74) is 5.30. The van der Waals surface area contributed by atoms with Gasteiger partial charge in [0.2, 0.25) is 11.8 Å². The quantitative estimate of drug-likeness (QED) is 0.227. The van der Waals surface area contributed by atoms with Crippen LogP contribution in [-0.2, 0) is 19.2 Å². The van der Waals surface area contributed by atoms with E-state index in [4.69, 9.17) is 21.1 Å². The second-order valence-electron chi connectivity index (χ2n) is 5.04. The summed E-state index contributed by atoms with van der Waals surface area (Å²) in [5, 5.41) is 30.6. The van der Waals surface area contributed by atoms with Gasteiger partial charge in [-0.25, -0.2) is 0 Å². The number of aliphatic carboxylic acids is 2. The second kappa shape index (κ2) is 11.6. The molecule has 1 unspecified atom stereocenters. The Balaban J connectivity index is 4.60. The minimum Gasteiger partial charge on any atom is -0.480 e. The fourth-order valence-electron chi connectivity index (χ4n) is 1.46. The van der Waals surface area contributed by atoms with Crippen molar-refractivity contribution >= 4 is 35.5 Å². The number of rotatable bonds is 12. The zero-order valence-electron chi connectivity index (χ0n) is 13.2. The van der Waals surface area contributed by atoms with E-state index in [1.807, 2.05) is 0 Å². The van der Waals surface area contributed by atoms with Crippen molar-refractivity contribution in [3.63, 3.8) is 0 Å². The molecule has 0 fully saturated rings. The molecule has 0 aromatic heterocycles. The predicted molar refractivity (Wildman–Crippen MR) is 86.4 cm³/mol. The summed E-state index contributed by atoms with van der Waals surface area (Å²) >= 11 is 1.23. The SMILES string of the molecule is CC(CO)SC[C@H](NC(=O)CC[C@H](N)C(=O)O)C(=O)NCC(=O)O. The first kappa shape index (κ1) is 22.1. The van der Waals surface area contributed by atoms with Gasteiger partial charge in [-0.2, -0.15) is 11.8 Å². The van der Waals surface area contributed by atoms with Crippen LogP contribution in [0.2, 0.25) is 0 Å². The van der Waals surface area contributed by atoms with Gasteiger partial charge in [-0.3, -0.25) is 19.2 Å². The van der Waals surface area contributed by atoms with Crippen LogP contribution in [0.3, 0.4) is 0 Å². The zero-order chi connectivity index (χ0) is 18.7. The van der Waals surface area contributed by atoms with Gasteiger partial charge in [0.05, 0.1) is 6.61 Å². The first-order valence-electron chi connectivity index (χ1n) is 7.17. The molecule has 0 spiro atoms. The van der Waals surface area contributed by atoms with E-state index in [2.05, 4.69) is 10.6 Å². The maximum atomic E-state index is 11.9. The molecule has 0 aromatic rings. The van der Waals surface area contributed by atoms with Crippen LogP contribution in [0.4, 0.5) is 0 Å². The number of nitrogens with one attached hydrogen (secondary N) is 2. The Labute approximate surface area is 143 Å². The van der Waals surface area contributed by atoms with Crippen LogP contribution < -0.4 is 16.4 Å². The highest BCUT2D eigenvalue weighted by atomic mass is 32.2. The number of thioether (sulfide) groups is 1. The molecule has 0 heterocycles. The molecule has 24 heavy (non-hydrogen) atoms. The molecule has 7 N–H and O–H groups in total. The summed E-state index contributed by atoms with van der Waals surface area (Å²) in [6.45, 7) is 1.02. The molecule has 0 aliphatic rings. The van der Waals surface area contributed by atoms with E-state index in [0.717, 1.165) is 0 Å². The third-order valence-corrected chi connectivity index (χ3v) is 4.11. The third kappa shape index (κ3) is 10.0. The van der Waals surface area contributed by atoms with Crippen molar-refractivity contribution < 1.29 is 34.5 Å². The van der Waals surface area contributed by atoms with E-state index < -0.39 is 42.4 Å². The molecule has 0 rings (SSSR count). The number of carboxylic acid groups (broad SMARTS) is 2. The van der Waals surface area contributed by atoms with E-state index >= 15 is 0 Å². The average Bonchev–Trinajstić information content (AvgIpc) is 2.53. The lowest BCUT2D eigenvalue weighted by atomic mass is 10.1. The molecule has 2 amide bonds. The molecular weight excluding hydrogens is 342 g/mol. The van der Waals surface area contributed by atoms with E-state index in [1.54, 1.807) is 6.92 Å². The molecule has 0 aliphatic heterocycles. The lowest BCUT2D eigenvalue weighted by molar-refractivity contribution is -0.139. The number of aliphatic hydroxyl groups excluding tert-OH is 1. The fourth-order valence-corrected chi connectivity index (χ4v) is 2.32. The zero-order valence-corrected chi connectivity index (χ0v) is 14.0. The first-order chi connectivity index (χ1) is 11.2. The maximum absolute atomic E-state index is 11.9. The lowest BCUT2D eigenvalue weighted by Gasteiger charge is -2.19. The van der Waals surface area contributed by atoms with Crippen LogP contribution >= 0.6 is 11.8 Å². The van der Waals surface area contributed by atoms with E-state index in [9.17, 15) is 19.2 Å². The van der Waals surface area contributed by atoms with Crippen LogP contribution in [0.15, 0.2) is 0 Å². The fraction of sp³-hybridized carbons (Fsp3) is 0.692. The molecule has 0 radical (unpaired) electrons. The normalized spacial score (nSPS) is 14.3. The van der Waals surface area contributed by atoms with Crippen LogP contribution in [0.5, 0.6) is 0 Å². The average molecular weight is 365 g/mol. The highest BCUT2D eigenvalue weighted by Crippen LogP contribution is 2.11. The standard InChI is InChI=1S/C13H23N3O7S/c1-7(5-17)24-6-9(12(21)15-4-11(19)20)16-10(18)3-2-8(14)13(22)23/h7-9,17H,2-6,14H2,1H3,(H,15,21)(H,16,18)(H,19,20)(H,22,23)/t7?,8-,9-/m0/s1. The summed E-state index contributed by atoms with van der Waals surface area (Å²) < 4.78 is 0. The van der Waals surface area contributed by atoms with E-state index in [0.29, 0.717) is 0 Å². The van der Waals surface area contributed by atoms with Crippen molar-refractivity contribution in [1.82, 2.24) is 10.6 Å². The Morgan fingerprint density at radius 3 is 2.33 bits per heavy atom. The van der Waals surface area contributed by atoms with Gasteiger partial charge in [0, 0.05) is 17.4 Å². The van der Waals surface area contributed by atoms with Crippen molar-refractivity contribution in [3.8, 4) is 0 Å². The molecular formula is C13H23N3O7S. The summed E-state index contributed by atoms with van der Waals surface area (Å²) in [5.74, 6) is -3.57. The van der Waals surface area contributed by atoms with Gasteiger partial charge in [0.25, 0.3) is 0 Å². The van der Waals surface area contributed by atoms with Crippen molar-refractivity contribution in [2.45, 2.75) is 37.1 Å². The summed E-state index contributed by atoms with van der Waals surface area (Å²) in [7, 11) is 0. The van der Waals surface area contributed by atoms with Crippen LogP contribution in [0.1, 0.15) is 19.8 Å². The molecule has 0 saturated heterocycles. The maximum Gasteiger partial charge on any atom is 0.322 e. The molecule has 0 bridgehead atoms. The van der Waals surface area contributed by atoms with Gasteiger partial charge < -0.3 is 31.7 Å². The van der Waals surface area contributed by atoms with Crippen LogP contribution in [0.25, 0.3) is 0 Å². The third-order valence-electron chi connectivity index (χ3n) is 2.87. The first-order valence-corrected chi connectivity index (χ1v) is 8.22. The van der Waals surface area contributed by atoms with Gasteiger partial charge in [0.15, 0.2) is 0 Å². The minimum atomic E-state index is -1.23. The van der Waals surface area contributed by atoms with E-state index in [-0.39, 0.29) is 30.5 Å². The Morgan fingerprint density at radius 1 is 1.21 bits per heavy atom. The second-order valence-corrected chi connectivity index (χ2v) is 6.51. The Morgan fingerprint density at radius 2 is 1.83 bits per heavy atom. The number of nitrogens with two attached hydrogens (primary N) is 1. The summed E-state index contributed by atoms with van der Waals surface area (Å²) in [4.78, 5) is 44.9. The Hall–Kier alpha value is -1.85. The summed E-state index contributed by atoms with van der Waals surface area (Å²) in [6, 6.07) is -2.18. The molecule has 3 atom stereocenters. The molecule has 11 heteroatoms. The molecule has 138 valence electrons. The Kier molecular flexibility index (Phi) is 10.8. The van der Waals surface area contributed by atoms with E-state index in [1.165, 1.54) is 11.8 Å². The summed E-state index contributed by atoms with van der Waals surface area (Å²) in [6.07, 6.45) is -0.277. The number of amides is 2. The van der Waals surface area contributed by atoms with Gasteiger partial charge in [-0.15, -0.1) is 0 Å². The van der Waals surface area contributed by atoms with Gasteiger partial charge in [-0.1, -0.05) is 6.92 Å². The molecule has 0 aromatic carbocycles. The van der Waals surface area contributed by atoms with Crippen LogP contribution in [0, 0.1) is 0 Å². The largest absolute Gasteiger partial charge is 0.480 e. The van der Waals surface area contributed by atoms with Crippen molar-refractivity contribution in [1.29, 1.82) is 0 Å². The van der Waals surface area contributed by atoms with Crippen molar-refractivity contribution in [2.75, 3.05) is 18.9 Å². The van der Waals surface area contributed by atoms with Crippen molar-refractivity contribution in [3.05, 3.63) is 0 Å². The topological polar surface area (TPSA) is 179 Å².